The number of aromatic nitrogens is 2. The number of nitrogens with one attached hydrogen (secondary N) is 2. The Morgan fingerprint density at radius 2 is 1.80 bits per heavy atom. The maximum Gasteiger partial charge on any atom is 0.138 e. The van der Waals surface area contributed by atoms with E-state index in [4.69, 9.17) is 9.72 Å². The van der Waals surface area contributed by atoms with E-state index in [1.807, 2.05) is 14.0 Å². The van der Waals surface area contributed by atoms with Crippen LogP contribution in [0.4, 0.5) is 11.6 Å². The fourth-order valence-electron chi connectivity index (χ4n) is 1.84. The molecule has 0 aliphatic rings. The predicted molar refractivity (Wildman–Crippen MR) is 84.6 cm³/mol. The topological polar surface area (TPSA) is 59.1 Å². The Morgan fingerprint density at radius 3 is 2.30 bits per heavy atom. The second kappa shape index (κ2) is 6.88. The van der Waals surface area contributed by atoms with Crippen LogP contribution in [0.15, 0.2) is 0 Å². The van der Waals surface area contributed by atoms with E-state index >= 15 is 0 Å². The lowest BCUT2D eigenvalue weighted by atomic mass is 9.95. The van der Waals surface area contributed by atoms with Crippen LogP contribution in [0, 0.1) is 6.92 Å². The minimum Gasteiger partial charge on any atom is -0.385 e. The summed E-state index contributed by atoms with van der Waals surface area (Å²) in [6.07, 6.45) is 0.944. The first-order valence-electron chi connectivity index (χ1n) is 7.12. The molecule has 20 heavy (non-hydrogen) atoms. The first kappa shape index (κ1) is 16.7. The van der Waals surface area contributed by atoms with Gasteiger partial charge in [-0.1, -0.05) is 20.8 Å². The van der Waals surface area contributed by atoms with Crippen molar-refractivity contribution in [1.29, 1.82) is 0 Å². The van der Waals surface area contributed by atoms with Gasteiger partial charge in [0.1, 0.15) is 17.5 Å². The predicted octanol–water partition coefficient (Wildman–Crippen LogP) is 2.96. The molecule has 0 spiro atoms. The molecule has 0 aromatic carbocycles. The van der Waals surface area contributed by atoms with Gasteiger partial charge in [-0.05, 0) is 20.3 Å². The summed E-state index contributed by atoms with van der Waals surface area (Å²) < 4.78 is 5.12. The molecular weight excluding hydrogens is 252 g/mol. The summed E-state index contributed by atoms with van der Waals surface area (Å²) in [5, 5.41) is 6.61. The van der Waals surface area contributed by atoms with Crippen LogP contribution in [0.3, 0.4) is 0 Å². The van der Waals surface area contributed by atoms with Gasteiger partial charge in [0.25, 0.3) is 0 Å². The van der Waals surface area contributed by atoms with E-state index in [2.05, 4.69) is 43.3 Å². The molecule has 0 saturated heterocycles. The lowest BCUT2D eigenvalue weighted by Gasteiger charge is -2.22. The number of hydrogen-bond donors (Lipinski definition) is 2. The molecule has 0 aliphatic heterocycles. The molecule has 1 heterocycles. The molecule has 2 N–H and O–H groups in total. The molecular formula is C15H28N4O. The van der Waals surface area contributed by atoms with Crippen molar-refractivity contribution in [2.24, 2.45) is 0 Å². The molecule has 5 nitrogen and oxygen atoms in total. The van der Waals surface area contributed by atoms with E-state index in [9.17, 15) is 0 Å². The van der Waals surface area contributed by atoms with Crippen molar-refractivity contribution in [3.63, 3.8) is 0 Å². The summed E-state index contributed by atoms with van der Waals surface area (Å²) >= 11 is 0. The summed E-state index contributed by atoms with van der Waals surface area (Å²) in [4.78, 5) is 9.30. The minimum atomic E-state index is -0.0779. The third kappa shape index (κ3) is 4.34. The lowest BCUT2D eigenvalue weighted by Crippen LogP contribution is -2.23. The van der Waals surface area contributed by atoms with Crippen molar-refractivity contribution < 1.29 is 4.74 Å². The van der Waals surface area contributed by atoms with E-state index in [1.54, 1.807) is 7.11 Å². The van der Waals surface area contributed by atoms with E-state index in [-0.39, 0.29) is 5.41 Å². The van der Waals surface area contributed by atoms with Crippen LogP contribution >= 0.6 is 0 Å². The highest BCUT2D eigenvalue weighted by Gasteiger charge is 2.21. The van der Waals surface area contributed by atoms with Crippen molar-refractivity contribution >= 4 is 11.6 Å². The molecule has 1 aromatic heterocycles. The van der Waals surface area contributed by atoms with Crippen molar-refractivity contribution in [1.82, 2.24) is 9.97 Å². The van der Waals surface area contributed by atoms with Crippen molar-refractivity contribution in [3.05, 3.63) is 11.4 Å². The average Bonchev–Trinajstić information content (AvgIpc) is 2.37. The number of methoxy groups -OCH3 is 1. The molecule has 1 aromatic rings. The van der Waals surface area contributed by atoms with Gasteiger partial charge in [-0.15, -0.1) is 0 Å². The van der Waals surface area contributed by atoms with Crippen LogP contribution in [-0.2, 0) is 10.2 Å². The molecule has 0 saturated carbocycles. The Hall–Kier alpha value is -1.36. The second-order valence-corrected chi connectivity index (χ2v) is 6.20. The van der Waals surface area contributed by atoms with Gasteiger partial charge < -0.3 is 15.4 Å². The SMILES string of the molecule is CNc1nc(C(C)(C)C)nc(NC(C)CCOC)c1C. The minimum absolute atomic E-state index is 0.0779. The van der Waals surface area contributed by atoms with Crippen LogP contribution in [0.2, 0.25) is 0 Å². The van der Waals surface area contributed by atoms with Crippen molar-refractivity contribution in [2.75, 3.05) is 31.4 Å². The van der Waals surface area contributed by atoms with Crippen LogP contribution in [0.5, 0.6) is 0 Å². The first-order valence-corrected chi connectivity index (χ1v) is 7.12. The number of ether oxygens (including phenoxy) is 1. The van der Waals surface area contributed by atoms with E-state index in [0.29, 0.717) is 6.04 Å². The molecule has 0 radical (unpaired) electrons. The summed E-state index contributed by atoms with van der Waals surface area (Å²) in [5.41, 5.74) is 0.968. The molecule has 114 valence electrons. The standard InChI is InChI=1S/C15H28N4O/c1-10(8-9-20-7)17-13-11(2)12(16-6)18-14(19-13)15(3,4)5/h10H,8-9H2,1-7H3,(H2,16,17,18,19). The van der Waals surface area contributed by atoms with Crippen molar-refractivity contribution in [2.45, 2.75) is 52.5 Å². The number of rotatable bonds is 6. The summed E-state index contributed by atoms with van der Waals surface area (Å²) in [7, 11) is 3.61. The second-order valence-electron chi connectivity index (χ2n) is 6.20. The van der Waals surface area contributed by atoms with Gasteiger partial charge in [-0.3, -0.25) is 0 Å². The maximum atomic E-state index is 5.12. The normalized spacial score (nSPS) is 13.2. The fraction of sp³-hybridized carbons (Fsp3) is 0.733. The van der Waals surface area contributed by atoms with Crippen LogP contribution in [0.1, 0.15) is 45.5 Å². The highest BCUT2D eigenvalue weighted by molar-refractivity contribution is 5.57. The largest absolute Gasteiger partial charge is 0.385 e. The molecule has 0 fully saturated rings. The first-order chi connectivity index (χ1) is 9.29. The monoisotopic (exact) mass is 280 g/mol. The zero-order valence-electron chi connectivity index (χ0n) is 13.8. The lowest BCUT2D eigenvalue weighted by molar-refractivity contribution is 0.191. The zero-order chi connectivity index (χ0) is 15.3. The van der Waals surface area contributed by atoms with E-state index in [1.165, 1.54) is 0 Å². The smallest absolute Gasteiger partial charge is 0.138 e. The summed E-state index contributed by atoms with van der Waals surface area (Å²) in [6.45, 7) is 11.3. The van der Waals surface area contributed by atoms with E-state index < -0.39 is 0 Å². The zero-order valence-corrected chi connectivity index (χ0v) is 13.8. The van der Waals surface area contributed by atoms with Crippen LogP contribution in [-0.4, -0.2) is 36.8 Å². The van der Waals surface area contributed by atoms with Crippen molar-refractivity contribution in [3.8, 4) is 0 Å². The van der Waals surface area contributed by atoms with Gasteiger partial charge in [0, 0.05) is 37.8 Å². The third-order valence-corrected chi connectivity index (χ3v) is 3.19. The molecule has 1 unspecified atom stereocenters. The maximum absolute atomic E-state index is 5.12. The molecule has 0 amide bonds. The molecule has 1 atom stereocenters. The van der Waals surface area contributed by atoms with Crippen LogP contribution in [0.25, 0.3) is 0 Å². The van der Waals surface area contributed by atoms with Gasteiger partial charge in [0.15, 0.2) is 0 Å². The number of hydrogen-bond acceptors (Lipinski definition) is 5. The Morgan fingerprint density at radius 1 is 1.20 bits per heavy atom. The molecule has 5 heteroatoms. The van der Waals surface area contributed by atoms with Crippen LogP contribution < -0.4 is 10.6 Å². The Labute approximate surface area is 122 Å². The van der Waals surface area contributed by atoms with Gasteiger partial charge in [-0.2, -0.15) is 0 Å². The average molecular weight is 280 g/mol. The molecule has 1 rings (SSSR count). The van der Waals surface area contributed by atoms with Gasteiger partial charge in [0.2, 0.25) is 0 Å². The highest BCUT2D eigenvalue weighted by atomic mass is 16.5. The fourth-order valence-corrected chi connectivity index (χ4v) is 1.84. The Balaban J connectivity index is 3.05. The summed E-state index contributed by atoms with van der Waals surface area (Å²) in [6, 6.07) is 0.307. The number of nitrogens with zero attached hydrogens (tertiary/aromatic N) is 2. The Kier molecular flexibility index (Phi) is 5.74. The molecule has 0 aliphatic carbocycles. The molecule has 0 bridgehead atoms. The number of anilines is 2. The third-order valence-electron chi connectivity index (χ3n) is 3.19. The summed E-state index contributed by atoms with van der Waals surface area (Å²) in [5.74, 6) is 2.62. The van der Waals surface area contributed by atoms with Gasteiger partial charge >= 0.3 is 0 Å². The highest BCUT2D eigenvalue weighted by Crippen LogP contribution is 2.26. The quantitative estimate of drug-likeness (QED) is 0.839. The van der Waals surface area contributed by atoms with Gasteiger partial charge in [0.05, 0.1) is 0 Å². The van der Waals surface area contributed by atoms with Gasteiger partial charge in [-0.25, -0.2) is 9.97 Å². The van der Waals surface area contributed by atoms with E-state index in [0.717, 1.165) is 36.1 Å². The Bertz CT molecular complexity index is 440.